The van der Waals surface area contributed by atoms with Crippen LogP contribution in [0.2, 0.25) is 0 Å². The molecular weight excluding hydrogens is 222 g/mol. The smallest absolute Gasteiger partial charge is 0.305 e. The molecule has 0 aliphatic carbocycles. The van der Waals surface area contributed by atoms with E-state index in [0.29, 0.717) is 5.52 Å². The lowest BCUT2D eigenvalue weighted by atomic mass is 10.2. The Balaban J connectivity index is 0.000000509. The third-order valence-corrected chi connectivity index (χ3v) is 2.72. The molecule has 1 aromatic heterocycles. The summed E-state index contributed by atoms with van der Waals surface area (Å²) < 4.78 is 0.915. The molecule has 16 heavy (non-hydrogen) atoms. The number of nitrogens with one attached hydrogen (secondary N) is 1. The Morgan fingerprint density at radius 3 is 2.31 bits per heavy atom. The van der Waals surface area contributed by atoms with Gasteiger partial charge in [0.15, 0.2) is 0 Å². The van der Waals surface area contributed by atoms with E-state index in [9.17, 15) is 9.90 Å². The minimum absolute atomic E-state index is 0.0845. The molecule has 0 saturated carbocycles. The molecule has 0 aliphatic heterocycles. The number of phenols is 1. The van der Waals surface area contributed by atoms with Crippen LogP contribution in [-0.2, 0) is 0 Å². The van der Waals surface area contributed by atoms with Gasteiger partial charge in [0.2, 0.25) is 0 Å². The van der Waals surface area contributed by atoms with Crippen LogP contribution in [0.4, 0.5) is 0 Å². The van der Waals surface area contributed by atoms with E-state index in [1.807, 2.05) is 34.6 Å². The van der Waals surface area contributed by atoms with Crippen molar-refractivity contribution in [1.82, 2.24) is 4.98 Å². The number of hydrogen-bond acceptors (Lipinski definition) is 3. The maximum absolute atomic E-state index is 10.9. The molecule has 0 spiro atoms. The first kappa shape index (κ1) is 14.7. The van der Waals surface area contributed by atoms with Gasteiger partial charge in [-0.15, -0.1) is 0 Å². The molecular formula is C12H19NO2S. The van der Waals surface area contributed by atoms with Crippen LogP contribution in [-0.4, -0.2) is 10.1 Å². The zero-order chi connectivity index (χ0) is 12.7. The summed E-state index contributed by atoms with van der Waals surface area (Å²) in [5, 5.41) is 9.20. The number of aromatic nitrogens is 1. The molecule has 2 rings (SSSR count). The van der Waals surface area contributed by atoms with Gasteiger partial charge in [-0.2, -0.15) is 0 Å². The number of aromatic amines is 1. The van der Waals surface area contributed by atoms with Gasteiger partial charge in [-0.3, -0.25) is 4.79 Å². The molecule has 2 aromatic rings. The molecule has 1 heterocycles. The SMILES string of the molecule is CC.CC.Cc1cc(O)cc2[nH]c(=O)sc12. The largest absolute Gasteiger partial charge is 0.508 e. The molecule has 0 atom stereocenters. The molecule has 0 fully saturated rings. The molecule has 3 nitrogen and oxygen atoms in total. The average Bonchev–Trinajstić information content (AvgIpc) is 2.65. The van der Waals surface area contributed by atoms with E-state index in [4.69, 9.17) is 0 Å². The van der Waals surface area contributed by atoms with Crippen LogP contribution in [0.25, 0.3) is 10.2 Å². The van der Waals surface area contributed by atoms with Gasteiger partial charge in [0.1, 0.15) is 5.75 Å². The van der Waals surface area contributed by atoms with E-state index < -0.39 is 0 Å². The first-order chi connectivity index (χ1) is 7.66. The van der Waals surface area contributed by atoms with E-state index in [1.54, 1.807) is 12.1 Å². The zero-order valence-electron chi connectivity index (χ0n) is 10.4. The summed E-state index contributed by atoms with van der Waals surface area (Å²) in [6.07, 6.45) is 0. The highest BCUT2D eigenvalue weighted by Crippen LogP contribution is 2.23. The van der Waals surface area contributed by atoms with Crippen LogP contribution in [0.1, 0.15) is 33.3 Å². The summed E-state index contributed by atoms with van der Waals surface area (Å²) in [7, 11) is 0. The standard InChI is InChI=1S/C8H7NO2S.2C2H6/c1-4-2-5(10)3-6-7(4)12-8(11)9-6;2*1-2/h2-3,10H,1H3,(H,9,11);2*1-2H3. The average molecular weight is 241 g/mol. The van der Waals surface area contributed by atoms with Gasteiger partial charge in [0.25, 0.3) is 0 Å². The van der Waals surface area contributed by atoms with Gasteiger partial charge < -0.3 is 10.1 Å². The summed E-state index contributed by atoms with van der Waals surface area (Å²) in [5.41, 5.74) is 1.64. The van der Waals surface area contributed by atoms with Crippen LogP contribution in [0.5, 0.6) is 5.75 Å². The lowest BCUT2D eigenvalue weighted by Gasteiger charge is -1.95. The third kappa shape index (κ3) is 3.38. The van der Waals surface area contributed by atoms with Crippen LogP contribution in [0.3, 0.4) is 0 Å². The monoisotopic (exact) mass is 241 g/mol. The van der Waals surface area contributed by atoms with E-state index in [2.05, 4.69) is 4.98 Å². The molecule has 2 N–H and O–H groups in total. The minimum atomic E-state index is -0.0845. The Morgan fingerprint density at radius 2 is 1.75 bits per heavy atom. The van der Waals surface area contributed by atoms with Crippen LogP contribution < -0.4 is 4.87 Å². The molecule has 0 amide bonds. The van der Waals surface area contributed by atoms with Crippen molar-refractivity contribution in [3.8, 4) is 5.75 Å². The summed E-state index contributed by atoms with van der Waals surface area (Å²) in [5.74, 6) is 0.189. The summed E-state index contributed by atoms with van der Waals surface area (Å²) in [6.45, 7) is 9.87. The Labute approximate surface area is 99.8 Å². The van der Waals surface area contributed by atoms with Crippen molar-refractivity contribution in [2.45, 2.75) is 34.6 Å². The topological polar surface area (TPSA) is 53.1 Å². The van der Waals surface area contributed by atoms with Crippen molar-refractivity contribution < 1.29 is 5.11 Å². The number of rotatable bonds is 0. The van der Waals surface area contributed by atoms with Crippen LogP contribution in [0.15, 0.2) is 16.9 Å². The highest BCUT2D eigenvalue weighted by atomic mass is 32.1. The molecule has 90 valence electrons. The van der Waals surface area contributed by atoms with Crippen molar-refractivity contribution in [3.63, 3.8) is 0 Å². The van der Waals surface area contributed by atoms with Crippen LogP contribution >= 0.6 is 11.3 Å². The molecule has 4 heteroatoms. The second-order valence-corrected chi connectivity index (χ2v) is 3.64. The lowest BCUT2D eigenvalue weighted by Crippen LogP contribution is -1.89. The van der Waals surface area contributed by atoms with Gasteiger partial charge in [0, 0.05) is 6.07 Å². The Bertz CT molecular complexity index is 485. The van der Waals surface area contributed by atoms with Crippen LogP contribution in [0, 0.1) is 6.92 Å². The van der Waals surface area contributed by atoms with E-state index >= 15 is 0 Å². The van der Waals surface area contributed by atoms with Crippen molar-refractivity contribution in [2.24, 2.45) is 0 Å². The van der Waals surface area contributed by atoms with Gasteiger partial charge in [-0.25, -0.2) is 0 Å². The number of aryl methyl sites for hydroxylation is 1. The van der Waals surface area contributed by atoms with Crippen molar-refractivity contribution in [3.05, 3.63) is 27.4 Å². The van der Waals surface area contributed by atoms with Crippen molar-refractivity contribution in [1.29, 1.82) is 0 Å². The molecule has 0 bridgehead atoms. The summed E-state index contributed by atoms with van der Waals surface area (Å²) >= 11 is 1.17. The predicted molar refractivity (Wildman–Crippen MR) is 71.5 cm³/mol. The number of thiazole rings is 1. The fraction of sp³-hybridized carbons (Fsp3) is 0.417. The summed E-state index contributed by atoms with van der Waals surface area (Å²) in [4.78, 5) is 13.5. The maximum Gasteiger partial charge on any atom is 0.305 e. The second-order valence-electron chi connectivity index (χ2n) is 2.65. The minimum Gasteiger partial charge on any atom is -0.508 e. The molecule has 1 aromatic carbocycles. The number of hydrogen-bond donors (Lipinski definition) is 2. The van der Waals surface area contributed by atoms with Gasteiger partial charge >= 0.3 is 4.87 Å². The highest BCUT2D eigenvalue weighted by Gasteiger charge is 2.03. The molecule has 0 saturated heterocycles. The Kier molecular flexibility index (Phi) is 6.49. The number of phenolic OH excluding ortho intramolecular Hbond substituents is 1. The maximum atomic E-state index is 10.9. The normalized spacial score (nSPS) is 8.81. The second kappa shape index (κ2) is 7.06. The highest BCUT2D eigenvalue weighted by molar-refractivity contribution is 7.16. The summed E-state index contributed by atoms with van der Waals surface area (Å²) in [6, 6.07) is 3.20. The Morgan fingerprint density at radius 1 is 1.19 bits per heavy atom. The first-order valence-corrected chi connectivity index (χ1v) is 6.31. The number of benzene rings is 1. The van der Waals surface area contributed by atoms with Gasteiger partial charge in [0.05, 0.1) is 10.2 Å². The molecule has 0 unspecified atom stereocenters. The quantitative estimate of drug-likeness (QED) is 0.739. The van der Waals surface area contributed by atoms with Gasteiger partial charge in [-0.1, -0.05) is 39.0 Å². The zero-order valence-corrected chi connectivity index (χ0v) is 11.2. The fourth-order valence-corrected chi connectivity index (χ4v) is 2.00. The Hall–Kier alpha value is -1.29. The van der Waals surface area contributed by atoms with E-state index in [0.717, 1.165) is 10.3 Å². The number of aromatic hydroxyl groups is 1. The van der Waals surface area contributed by atoms with Crippen molar-refractivity contribution in [2.75, 3.05) is 0 Å². The first-order valence-electron chi connectivity index (χ1n) is 5.49. The molecule has 0 radical (unpaired) electrons. The number of H-pyrrole nitrogens is 1. The third-order valence-electron chi connectivity index (χ3n) is 1.69. The number of fused-ring (bicyclic) bond motifs is 1. The van der Waals surface area contributed by atoms with Gasteiger partial charge in [-0.05, 0) is 18.6 Å². The van der Waals surface area contributed by atoms with Crippen molar-refractivity contribution >= 4 is 21.6 Å². The predicted octanol–water partition coefficient (Wildman–Crippen LogP) is 3.66. The van der Waals surface area contributed by atoms with E-state index in [-0.39, 0.29) is 10.6 Å². The molecule has 0 aliphatic rings. The lowest BCUT2D eigenvalue weighted by molar-refractivity contribution is 0.475. The van der Waals surface area contributed by atoms with E-state index in [1.165, 1.54) is 11.3 Å². The fourth-order valence-electron chi connectivity index (χ4n) is 1.21.